The zero-order valence-electron chi connectivity index (χ0n) is 12.1. The number of hydrogen-bond acceptors (Lipinski definition) is 3. The molecule has 0 aromatic carbocycles. The van der Waals surface area contributed by atoms with Gasteiger partial charge in [0.2, 0.25) is 5.91 Å². The number of rotatable bonds is 5. The molecule has 1 heterocycles. The largest absolute Gasteiger partial charge is 0.481 e. The average Bonchev–Trinajstić information content (AvgIpc) is 2.98. The lowest BCUT2D eigenvalue weighted by molar-refractivity contribution is -0.144. The number of amides is 1. The Hall–Kier alpha value is -1.10. The Kier molecular flexibility index (Phi) is 5.40. The van der Waals surface area contributed by atoms with Crippen LogP contribution in [-0.4, -0.2) is 35.7 Å². The van der Waals surface area contributed by atoms with E-state index < -0.39 is 5.97 Å². The number of carboxylic acid groups (broad SMARTS) is 1. The third-order valence-corrected chi connectivity index (χ3v) is 4.58. The third-order valence-electron chi connectivity index (χ3n) is 4.58. The summed E-state index contributed by atoms with van der Waals surface area (Å²) in [4.78, 5) is 23.4. The Morgan fingerprint density at radius 3 is 2.60 bits per heavy atom. The number of carbonyl (C=O) groups is 2. The maximum Gasteiger partial charge on any atom is 0.306 e. The molecule has 0 radical (unpaired) electrons. The van der Waals surface area contributed by atoms with E-state index in [1.165, 1.54) is 0 Å². The minimum absolute atomic E-state index is 0.0123. The van der Waals surface area contributed by atoms with Gasteiger partial charge in [0.25, 0.3) is 0 Å². The summed E-state index contributed by atoms with van der Waals surface area (Å²) in [5.74, 6) is -1.27. The van der Waals surface area contributed by atoms with Crippen molar-refractivity contribution in [3.8, 4) is 0 Å². The van der Waals surface area contributed by atoms with E-state index >= 15 is 0 Å². The van der Waals surface area contributed by atoms with Crippen molar-refractivity contribution in [2.45, 2.75) is 64.0 Å². The van der Waals surface area contributed by atoms with Gasteiger partial charge < -0.3 is 15.2 Å². The summed E-state index contributed by atoms with van der Waals surface area (Å²) in [5.41, 5.74) is 0. The zero-order valence-corrected chi connectivity index (χ0v) is 12.1. The first-order valence-corrected chi connectivity index (χ1v) is 7.76. The van der Waals surface area contributed by atoms with Crippen LogP contribution in [0.15, 0.2) is 0 Å². The Morgan fingerprint density at radius 1 is 1.25 bits per heavy atom. The maximum absolute atomic E-state index is 12.3. The maximum atomic E-state index is 12.3. The summed E-state index contributed by atoms with van der Waals surface area (Å²) in [6, 6.07) is 0.0650. The smallest absolute Gasteiger partial charge is 0.306 e. The van der Waals surface area contributed by atoms with Crippen LogP contribution in [0.1, 0.15) is 51.9 Å². The SMILES string of the molecule is CCC(NC(=O)C1CCCC(C(=O)O)C1)C1CCCO1. The van der Waals surface area contributed by atoms with Gasteiger partial charge in [0, 0.05) is 12.5 Å². The standard InChI is InChI=1S/C15H25NO4/c1-2-12(13-7-4-8-20-13)16-14(17)10-5-3-6-11(9-10)15(18)19/h10-13H,2-9H2,1H3,(H,16,17)(H,18,19). The number of carbonyl (C=O) groups excluding carboxylic acids is 1. The molecule has 0 bridgehead atoms. The van der Waals surface area contributed by atoms with Crippen LogP contribution in [0, 0.1) is 11.8 Å². The molecule has 1 amide bonds. The zero-order chi connectivity index (χ0) is 14.5. The van der Waals surface area contributed by atoms with Crippen molar-refractivity contribution in [3.05, 3.63) is 0 Å². The quantitative estimate of drug-likeness (QED) is 0.808. The minimum atomic E-state index is -0.770. The van der Waals surface area contributed by atoms with Gasteiger partial charge in [-0.2, -0.15) is 0 Å². The first kappa shape index (κ1) is 15.3. The number of carboxylic acids is 1. The van der Waals surface area contributed by atoms with Crippen LogP contribution in [0.25, 0.3) is 0 Å². The van der Waals surface area contributed by atoms with E-state index in [0.29, 0.717) is 12.8 Å². The lowest BCUT2D eigenvalue weighted by Gasteiger charge is -2.29. The van der Waals surface area contributed by atoms with Crippen molar-refractivity contribution in [2.75, 3.05) is 6.61 Å². The molecule has 1 aliphatic heterocycles. The first-order chi connectivity index (χ1) is 9.61. The van der Waals surface area contributed by atoms with E-state index in [0.717, 1.165) is 38.7 Å². The summed E-state index contributed by atoms with van der Waals surface area (Å²) >= 11 is 0. The molecule has 0 aromatic heterocycles. The Balaban J connectivity index is 1.87. The molecule has 1 saturated heterocycles. The molecule has 5 heteroatoms. The molecular formula is C15H25NO4. The number of ether oxygens (including phenoxy) is 1. The van der Waals surface area contributed by atoms with Crippen LogP contribution in [0.4, 0.5) is 0 Å². The first-order valence-electron chi connectivity index (χ1n) is 7.76. The highest BCUT2D eigenvalue weighted by Crippen LogP contribution is 2.29. The van der Waals surface area contributed by atoms with Crippen LogP contribution >= 0.6 is 0 Å². The predicted molar refractivity (Wildman–Crippen MR) is 74.3 cm³/mol. The van der Waals surface area contributed by atoms with Crippen LogP contribution in [0.2, 0.25) is 0 Å². The minimum Gasteiger partial charge on any atom is -0.481 e. The highest BCUT2D eigenvalue weighted by Gasteiger charge is 2.33. The van der Waals surface area contributed by atoms with Crippen LogP contribution in [0.3, 0.4) is 0 Å². The topological polar surface area (TPSA) is 75.6 Å². The van der Waals surface area contributed by atoms with Crippen LogP contribution in [-0.2, 0) is 14.3 Å². The monoisotopic (exact) mass is 283 g/mol. The number of hydrogen-bond donors (Lipinski definition) is 2. The van der Waals surface area contributed by atoms with E-state index in [4.69, 9.17) is 9.84 Å². The van der Waals surface area contributed by atoms with Gasteiger partial charge in [0.15, 0.2) is 0 Å². The summed E-state index contributed by atoms with van der Waals surface area (Å²) in [6.07, 6.45) is 5.84. The lowest BCUT2D eigenvalue weighted by Crippen LogP contribution is -2.46. The molecule has 20 heavy (non-hydrogen) atoms. The molecule has 2 rings (SSSR count). The molecule has 4 unspecified atom stereocenters. The number of aliphatic carboxylic acids is 1. The summed E-state index contributed by atoms with van der Waals surface area (Å²) in [6.45, 7) is 2.83. The molecule has 2 aliphatic rings. The summed E-state index contributed by atoms with van der Waals surface area (Å²) in [7, 11) is 0. The van der Waals surface area contributed by atoms with Gasteiger partial charge in [-0.05, 0) is 38.5 Å². The van der Waals surface area contributed by atoms with Crippen LogP contribution < -0.4 is 5.32 Å². The molecule has 1 aliphatic carbocycles. The van der Waals surface area contributed by atoms with E-state index in [1.54, 1.807) is 0 Å². The van der Waals surface area contributed by atoms with Crippen molar-refractivity contribution in [3.63, 3.8) is 0 Å². The Labute approximate surface area is 120 Å². The van der Waals surface area contributed by atoms with Gasteiger partial charge in [0.1, 0.15) is 0 Å². The molecule has 114 valence electrons. The summed E-state index contributed by atoms with van der Waals surface area (Å²) < 4.78 is 5.64. The van der Waals surface area contributed by atoms with Gasteiger partial charge in [-0.15, -0.1) is 0 Å². The molecule has 0 aromatic rings. The fourth-order valence-electron chi connectivity index (χ4n) is 3.33. The molecule has 4 atom stereocenters. The average molecular weight is 283 g/mol. The second-order valence-electron chi connectivity index (χ2n) is 5.97. The van der Waals surface area contributed by atoms with Gasteiger partial charge in [-0.25, -0.2) is 0 Å². The van der Waals surface area contributed by atoms with Crippen molar-refractivity contribution in [1.82, 2.24) is 5.32 Å². The highest BCUT2D eigenvalue weighted by atomic mass is 16.5. The fourth-order valence-corrected chi connectivity index (χ4v) is 3.33. The summed E-state index contributed by atoms with van der Waals surface area (Å²) in [5, 5.41) is 12.2. The second-order valence-corrected chi connectivity index (χ2v) is 5.97. The predicted octanol–water partition coefficient (Wildman–Crippen LogP) is 1.95. The third kappa shape index (κ3) is 3.72. The highest BCUT2D eigenvalue weighted by molar-refractivity contribution is 5.80. The van der Waals surface area contributed by atoms with Crippen molar-refractivity contribution in [2.24, 2.45) is 11.8 Å². The van der Waals surface area contributed by atoms with Gasteiger partial charge in [-0.3, -0.25) is 9.59 Å². The Bertz CT molecular complexity index is 352. The van der Waals surface area contributed by atoms with E-state index in [9.17, 15) is 9.59 Å². The van der Waals surface area contributed by atoms with Crippen molar-refractivity contribution < 1.29 is 19.4 Å². The molecule has 1 saturated carbocycles. The molecule has 0 spiro atoms. The van der Waals surface area contributed by atoms with Crippen molar-refractivity contribution in [1.29, 1.82) is 0 Å². The number of nitrogens with one attached hydrogen (secondary N) is 1. The molecule has 2 N–H and O–H groups in total. The van der Waals surface area contributed by atoms with Gasteiger partial charge in [0.05, 0.1) is 18.1 Å². The lowest BCUT2D eigenvalue weighted by atomic mass is 9.81. The fraction of sp³-hybridized carbons (Fsp3) is 0.867. The van der Waals surface area contributed by atoms with E-state index in [1.807, 2.05) is 6.92 Å². The van der Waals surface area contributed by atoms with E-state index in [2.05, 4.69) is 5.32 Å². The Morgan fingerprint density at radius 2 is 2.00 bits per heavy atom. The normalized spacial score (nSPS) is 31.8. The van der Waals surface area contributed by atoms with Crippen molar-refractivity contribution >= 4 is 11.9 Å². The van der Waals surface area contributed by atoms with Crippen LogP contribution in [0.5, 0.6) is 0 Å². The van der Waals surface area contributed by atoms with Gasteiger partial charge >= 0.3 is 5.97 Å². The molecular weight excluding hydrogens is 258 g/mol. The van der Waals surface area contributed by atoms with Gasteiger partial charge in [-0.1, -0.05) is 13.3 Å². The molecule has 5 nitrogen and oxygen atoms in total. The van der Waals surface area contributed by atoms with E-state index in [-0.39, 0.29) is 29.9 Å². The second kappa shape index (κ2) is 7.07. The molecule has 2 fully saturated rings.